The number of para-hydroxylation sites is 1. The first-order chi connectivity index (χ1) is 18.5. The summed E-state index contributed by atoms with van der Waals surface area (Å²) in [6, 6.07) is 10.5. The Balaban J connectivity index is 1.37. The van der Waals surface area contributed by atoms with Crippen LogP contribution in [0.25, 0.3) is 16.6 Å². The highest BCUT2D eigenvalue weighted by molar-refractivity contribution is 5.92. The van der Waals surface area contributed by atoms with Gasteiger partial charge in [0, 0.05) is 55.8 Å². The van der Waals surface area contributed by atoms with Crippen LogP contribution in [0.1, 0.15) is 30.1 Å². The molecule has 1 aliphatic rings. The van der Waals surface area contributed by atoms with Gasteiger partial charge in [-0.1, -0.05) is 6.07 Å². The van der Waals surface area contributed by atoms with Crippen molar-refractivity contribution in [1.82, 2.24) is 29.4 Å². The third-order valence-electron chi connectivity index (χ3n) is 7.04. The van der Waals surface area contributed by atoms with Gasteiger partial charge >= 0.3 is 0 Å². The van der Waals surface area contributed by atoms with E-state index in [0.717, 1.165) is 43.0 Å². The molecule has 0 saturated carbocycles. The molecule has 38 heavy (non-hydrogen) atoms. The standard InChI is InChI=1S/C27H29FN8O2/c1-34-16-19(14-30-34)35-11-5-6-18(15-35)25-32-26-21-7-4-8-22(28)24(21)31-27(36(26)33-25)29-13-17-9-10-20(37-2)12-23(17)38-3/h4,7-10,12,14,16,18H,5-6,11,13,15H2,1-3H3,(H,29,31). The number of benzene rings is 2. The molecule has 1 saturated heterocycles. The largest absolute Gasteiger partial charge is 0.497 e. The third-order valence-corrected chi connectivity index (χ3v) is 7.04. The molecule has 3 aromatic heterocycles. The molecule has 0 aliphatic carbocycles. The first-order valence-corrected chi connectivity index (χ1v) is 12.6. The van der Waals surface area contributed by atoms with Gasteiger partial charge in [-0.25, -0.2) is 14.4 Å². The van der Waals surface area contributed by atoms with E-state index >= 15 is 0 Å². The van der Waals surface area contributed by atoms with E-state index in [2.05, 4.69) is 20.3 Å². The number of ether oxygens (including phenoxy) is 2. The van der Waals surface area contributed by atoms with E-state index in [4.69, 9.17) is 19.6 Å². The van der Waals surface area contributed by atoms with Crippen molar-refractivity contribution in [3.8, 4) is 11.5 Å². The number of anilines is 2. The van der Waals surface area contributed by atoms with Crippen LogP contribution in [0.5, 0.6) is 11.5 Å². The topological polar surface area (TPSA) is 94.6 Å². The quantitative estimate of drug-likeness (QED) is 0.345. The predicted molar refractivity (Wildman–Crippen MR) is 143 cm³/mol. The highest BCUT2D eigenvalue weighted by Crippen LogP contribution is 2.31. The highest BCUT2D eigenvalue weighted by Gasteiger charge is 2.27. The Bertz CT molecular complexity index is 1610. The summed E-state index contributed by atoms with van der Waals surface area (Å²) in [7, 11) is 5.15. The molecule has 11 heteroatoms. The van der Waals surface area contributed by atoms with E-state index in [1.54, 1.807) is 24.8 Å². The lowest BCUT2D eigenvalue weighted by molar-refractivity contribution is 0.391. The molecule has 10 nitrogen and oxygen atoms in total. The number of rotatable bonds is 7. The van der Waals surface area contributed by atoms with Crippen molar-refractivity contribution in [3.05, 3.63) is 66.0 Å². The van der Waals surface area contributed by atoms with E-state index in [9.17, 15) is 4.39 Å². The Morgan fingerprint density at radius 3 is 2.82 bits per heavy atom. The summed E-state index contributed by atoms with van der Waals surface area (Å²) in [5.74, 6) is 2.24. The number of hydrogen-bond donors (Lipinski definition) is 1. The Hall–Kier alpha value is -4.41. The first kappa shape index (κ1) is 24.0. The Kier molecular flexibility index (Phi) is 6.18. The Morgan fingerprint density at radius 1 is 1.13 bits per heavy atom. The summed E-state index contributed by atoms with van der Waals surface area (Å²) >= 11 is 0. The molecule has 4 heterocycles. The fraction of sp³-hybridized carbons (Fsp3) is 0.333. The van der Waals surface area contributed by atoms with Crippen molar-refractivity contribution in [2.75, 3.05) is 37.5 Å². The molecule has 6 rings (SSSR count). The van der Waals surface area contributed by atoms with Gasteiger partial charge in [-0.05, 0) is 37.1 Å². The maximum absolute atomic E-state index is 14.9. The van der Waals surface area contributed by atoms with Crippen LogP contribution in [0.4, 0.5) is 16.0 Å². The number of fused-ring (bicyclic) bond motifs is 3. The van der Waals surface area contributed by atoms with Crippen molar-refractivity contribution in [2.24, 2.45) is 7.05 Å². The van der Waals surface area contributed by atoms with Crippen molar-refractivity contribution in [2.45, 2.75) is 25.3 Å². The van der Waals surface area contributed by atoms with E-state index < -0.39 is 5.82 Å². The normalized spacial score (nSPS) is 15.8. The second kappa shape index (κ2) is 9.81. The summed E-state index contributed by atoms with van der Waals surface area (Å²) in [5, 5.41) is 13.2. The maximum atomic E-state index is 14.9. The molecular weight excluding hydrogens is 487 g/mol. The lowest BCUT2D eigenvalue weighted by Crippen LogP contribution is -2.34. The number of piperidine rings is 1. The minimum atomic E-state index is -0.403. The first-order valence-electron chi connectivity index (χ1n) is 12.6. The highest BCUT2D eigenvalue weighted by atomic mass is 19.1. The predicted octanol–water partition coefficient (Wildman–Crippen LogP) is 4.16. The van der Waals surface area contributed by atoms with Gasteiger partial charge in [-0.3, -0.25) is 4.68 Å². The van der Waals surface area contributed by atoms with Crippen LogP contribution >= 0.6 is 0 Å². The molecule has 0 radical (unpaired) electrons. The molecular formula is C27H29FN8O2. The van der Waals surface area contributed by atoms with E-state index in [1.807, 2.05) is 48.4 Å². The zero-order valence-corrected chi connectivity index (χ0v) is 21.6. The van der Waals surface area contributed by atoms with E-state index in [0.29, 0.717) is 35.0 Å². The summed E-state index contributed by atoms with van der Waals surface area (Å²) < 4.78 is 29.2. The molecule has 1 aliphatic heterocycles. The third kappa shape index (κ3) is 4.33. The minimum Gasteiger partial charge on any atom is -0.497 e. The van der Waals surface area contributed by atoms with Gasteiger partial charge in [0.2, 0.25) is 5.95 Å². The zero-order valence-electron chi connectivity index (χ0n) is 21.6. The van der Waals surface area contributed by atoms with Crippen molar-refractivity contribution in [1.29, 1.82) is 0 Å². The van der Waals surface area contributed by atoms with Gasteiger partial charge in [0.15, 0.2) is 11.5 Å². The molecule has 0 spiro atoms. The van der Waals surface area contributed by atoms with Crippen molar-refractivity contribution in [3.63, 3.8) is 0 Å². The molecule has 196 valence electrons. The van der Waals surface area contributed by atoms with Gasteiger partial charge in [0.05, 0.1) is 26.1 Å². The summed E-state index contributed by atoms with van der Waals surface area (Å²) in [6.45, 7) is 2.14. The number of methoxy groups -OCH3 is 2. The van der Waals surface area contributed by atoms with E-state index in [-0.39, 0.29) is 11.4 Å². The Morgan fingerprint density at radius 2 is 2.03 bits per heavy atom. The molecule has 5 aromatic rings. The molecule has 0 bridgehead atoms. The monoisotopic (exact) mass is 516 g/mol. The summed E-state index contributed by atoms with van der Waals surface area (Å²) in [5.41, 5.74) is 2.82. The second-order valence-corrected chi connectivity index (χ2v) is 9.47. The van der Waals surface area contributed by atoms with Crippen LogP contribution in [0, 0.1) is 5.82 Å². The van der Waals surface area contributed by atoms with Crippen LogP contribution in [-0.4, -0.2) is 56.7 Å². The van der Waals surface area contributed by atoms with Crippen molar-refractivity contribution < 1.29 is 13.9 Å². The van der Waals surface area contributed by atoms with Gasteiger partial charge < -0.3 is 19.7 Å². The number of aryl methyl sites for hydroxylation is 1. The molecule has 1 atom stereocenters. The van der Waals surface area contributed by atoms with Crippen LogP contribution in [-0.2, 0) is 13.6 Å². The average Bonchev–Trinajstić information content (AvgIpc) is 3.59. The fourth-order valence-corrected chi connectivity index (χ4v) is 5.07. The molecule has 0 amide bonds. The number of nitrogens with one attached hydrogen (secondary N) is 1. The SMILES string of the molecule is COc1ccc(CNc2nc3c(F)cccc3c3nc(C4CCCN(c5cnn(C)c5)C4)nn23)c(OC)c1. The van der Waals surface area contributed by atoms with E-state index in [1.165, 1.54) is 6.07 Å². The van der Waals surface area contributed by atoms with Gasteiger partial charge in [-0.15, -0.1) is 5.10 Å². The molecule has 1 N–H and O–H groups in total. The van der Waals surface area contributed by atoms with Gasteiger partial charge in [-0.2, -0.15) is 9.61 Å². The number of aromatic nitrogens is 6. The van der Waals surface area contributed by atoms with Gasteiger partial charge in [0.1, 0.15) is 22.8 Å². The Labute approximate surface area is 219 Å². The van der Waals surface area contributed by atoms with Crippen LogP contribution in [0.3, 0.4) is 0 Å². The zero-order chi connectivity index (χ0) is 26.2. The maximum Gasteiger partial charge on any atom is 0.226 e. The lowest BCUT2D eigenvalue weighted by Gasteiger charge is -2.32. The van der Waals surface area contributed by atoms with Crippen LogP contribution in [0.2, 0.25) is 0 Å². The molecule has 1 fully saturated rings. The summed E-state index contributed by atoms with van der Waals surface area (Å²) in [6.07, 6.45) is 5.90. The minimum absolute atomic E-state index is 0.127. The van der Waals surface area contributed by atoms with Crippen LogP contribution in [0.15, 0.2) is 48.8 Å². The van der Waals surface area contributed by atoms with Crippen molar-refractivity contribution >= 4 is 28.2 Å². The number of hydrogen-bond acceptors (Lipinski definition) is 8. The fourth-order valence-electron chi connectivity index (χ4n) is 5.07. The lowest BCUT2D eigenvalue weighted by atomic mass is 9.97. The molecule has 1 unspecified atom stereocenters. The second-order valence-electron chi connectivity index (χ2n) is 9.47. The molecule has 2 aromatic carbocycles. The smallest absolute Gasteiger partial charge is 0.226 e. The number of nitrogens with zero attached hydrogens (tertiary/aromatic N) is 7. The van der Waals surface area contributed by atoms with Gasteiger partial charge in [0.25, 0.3) is 0 Å². The number of halogens is 1. The average molecular weight is 517 g/mol. The van der Waals surface area contributed by atoms with Crippen LogP contribution < -0.4 is 19.7 Å². The summed E-state index contributed by atoms with van der Waals surface area (Å²) in [4.78, 5) is 11.9.